The normalized spacial score (nSPS) is 11.8. The van der Waals surface area contributed by atoms with Crippen LogP contribution in [0.1, 0.15) is 29.2 Å². The lowest BCUT2D eigenvalue weighted by Gasteiger charge is -2.14. The number of anilines is 1. The van der Waals surface area contributed by atoms with Gasteiger partial charge < -0.3 is 10.4 Å². The molecule has 0 fully saturated rings. The molecule has 1 aromatic heterocycles. The Hall–Kier alpha value is -4.33. The van der Waals surface area contributed by atoms with Crippen molar-refractivity contribution in [1.82, 2.24) is 10.2 Å². The Labute approximate surface area is 187 Å². The Kier molecular flexibility index (Phi) is 6.26. The van der Waals surface area contributed by atoms with Gasteiger partial charge in [0.1, 0.15) is 5.82 Å². The number of carboxylic acids is 1. The smallest absolute Gasteiger partial charge is 0.311 e. The highest BCUT2D eigenvalue weighted by molar-refractivity contribution is 5.94. The second kappa shape index (κ2) is 9.44. The Morgan fingerprint density at radius 2 is 1.70 bits per heavy atom. The monoisotopic (exact) mass is 445 g/mol. The van der Waals surface area contributed by atoms with E-state index in [1.807, 2.05) is 0 Å². The number of fused-ring (bicyclic) bond motifs is 1. The predicted molar refractivity (Wildman–Crippen MR) is 122 cm³/mol. The van der Waals surface area contributed by atoms with E-state index in [0.29, 0.717) is 34.0 Å². The molecule has 33 heavy (non-hydrogen) atoms. The molecule has 3 aromatic carbocycles. The third-order valence-corrected chi connectivity index (χ3v) is 5.34. The predicted octanol–water partition coefficient (Wildman–Crippen LogP) is 3.85. The summed E-state index contributed by atoms with van der Waals surface area (Å²) in [6.07, 6.45) is -0.0443. The molecule has 1 unspecified atom stereocenters. The number of aliphatic carboxylic acids is 1. The van der Waals surface area contributed by atoms with Gasteiger partial charge in [0.15, 0.2) is 0 Å². The van der Waals surface area contributed by atoms with E-state index in [9.17, 15) is 23.9 Å². The van der Waals surface area contributed by atoms with E-state index in [4.69, 9.17) is 0 Å². The number of aromatic nitrogens is 2. The average Bonchev–Trinajstić information content (AvgIpc) is 2.82. The summed E-state index contributed by atoms with van der Waals surface area (Å²) in [6.45, 7) is 0. The minimum absolute atomic E-state index is 0.0524. The second-order valence-electron chi connectivity index (χ2n) is 7.59. The molecule has 7 nitrogen and oxygen atoms in total. The van der Waals surface area contributed by atoms with Gasteiger partial charge >= 0.3 is 5.97 Å². The van der Waals surface area contributed by atoms with Crippen LogP contribution in [-0.4, -0.2) is 27.2 Å². The van der Waals surface area contributed by atoms with Gasteiger partial charge in [-0.15, -0.1) is 0 Å². The van der Waals surface area contributed by atoms with Crippen molar-refractivity contribution >= 4 is 28.3 Å². The van der Waals surface area contributed by atoms with Crippen LogP contribution in [0.2, 0.25) is 0 Å². The SMILES string of the molecule is O=C(CC(C(=O)O)c1ccccc1)Nc1cc(Cc2n[nH]c(=O)c3ccccc23)ccc1F. The molecule has 0 aliphatic rings. The molecule has 0 aliphatic carbocycles. The van der Waals surface area contributed by atoms with E-state index in [0.717, 1.165) is 0 Å². The van der Waals surface area contributed by atoms with Crippen LogP contribution in [0.3, 0.4) is 0 Å². The first-order chi connectivity index (χ1) is 15.9. The summed E-state index contributed by atoms with van der Waals surface area (Å²) < 4.78 is 14.4. The van der Waals surface area contributed by atoms with Gasteiger partial charge in [0.05, 0.1) is 22.7 Å². The summed E-state index contributed by atoms with van der Waals surface area (Å²) in [5, 5.41) is 19.8. The van der Waals surface area contributed by atoms with Crippen LogP contribution in [0.25, 0.3) is 10.8 Å². The first-order valence-corrected chi connectivity index (χ1v) is 10.2. The van der Waals surface area contributed by atoms with Gasteiger partial charge in [-0.25, -0.2) is 9.49 Å². The molecule has 8 heteroatoms. The van der Waals surface area contributed by atoms with Crippen LogP contribution >= 0.6 is 0 Å². The van der Waals surface area contributed by atoms with Crippen LogP contribution in [-0.2, 0) is 16.0 Å². The molecule has 1 atom stereocenters. The highest BCUT2D eigenvalue weighted by atomic mass is 19.1. The van der Waals surface area contributed by atoms with E-state index < -0.39 is 23.6 Å². The number of amides is 1. The zero-order valence-electron chi connectivity index (χ0n) is 17.4. The van der Waals surface area contributed by atoms with E-state index in [1.165, 1.54) is 12.1 Å². The second-order valence-corrected chi connectivity index (χ2v) is 7.59. The lowest BCUT2D eigenvalue weighted by molar-refractivity contribution is -0.140. The van der Waals surface area contributed by atoms with Gasteiger partial charge in [-0.05, 0) is 29.3 Å². The van der Waals surface area contributed by atoms with Crippen molar-refractivity contribution in [2.45, 2.75) is 18.8 Å². The fourth-order valence-electron chi connectivity index (χ4n) is 3.70. The summed E-state index contributed by atoms with van der Waals surface area (Å²) in [5.74, 6) is -3.44. The number of carboxylic acid groups (broad SMARTS) is 1. The topological polar surface area (TPSA) is 112 Å². The van der Waals surface area contributed by atoms with E-state index >= 15 is 0 Å². The van der Waals surface area contributed by atoms with Gasteiger partial charge in [-0.2, -0.15) is 5.10 Å². The maximum absolute atomic E-state index is 14.4. The van der Waals surface area contributed by atoms with Crippen molar-refractivity contribution in [1.29, 1.82) is 0 Å². The lowest BCUT2D eigenvalue weighted by Crippen LogP contribution is -2.21. The summed E-state index contributed by atoms with van der Waals surface area (Å²) >= 11 is 0. The van der Waals surface area contributed by atoms with Crippen LogP contribution in [0, 0.1) is 5.82 Å². The molecule has 4 rings (SSSR count). The molecule has 0 aliphatic heterocycles. The third-order valence-electron chi connectivity index (χ3n) is 5.34. The van der Waals surface area contributed by atoms with Crippen LogP contribution in [0.15, 0.2) is 77.6 Å². The quantitative estimate of drug-likeness (QED) is 0.400. The van der Waals surface area contributed by atoms with Crippen LogP contribution < -0.4 is 10.9 Å². The number of hydrogen-bond acceptors (Lipinski definition) is 4. The van der Waals surface area contributed by atoms with Gasteiger partial charge in [0, 0.05) is 18.2 Å². The minimum Gasteiger partial charge on any atom is -0.481 e. The standard InChI is InChI=1S/C25H20FN3O4/c26-20-11-10-15(12-21-17-8-4-5-9-18(17)24(31)29-28-21)13-22(20)27-23(30)14-19(25(32)33)16-6-2-1-3-7-16/h1-11,13,19H,12,14H2,(H,27,30)(H,29,31)(H,32,33). The van der Waals surface area contributed by atoms with Crippen molar-refractivity contribution in [3.8, 4) is 0 Å². The summed E-state index contributed by atoms with van der Waals surface area (Å²) in [5.41, 5.74) is 1.40. The number of aromatic amines is 1. The Bertz CT molecular complexity index is 1390. The summed E-state index contributed by atoms with van der Waals surface area (Å²) in [4.78, 5) is 36.2. The van der Waals surface area contributed by atoms with E-state index in [-0.39, 0.29) is 17.7 Å². The maximum Gasteiger partial charge on any atom is 0.311 e. The fraction of sp³-hybridized carbons (Fsp3) is 0.120. The van der Waals surface area contributed by atoms with Gasteiger partial charge in [0.25, 0.3) is 5.56 Å². The zero-order valence-corrected chi connectivity index (χ0v) is 17.4. The Morgan fingerprint density at radius 3 is 2.42 bits per heavy atom. The Balaban J connectivity index is 1.54. The van der Waals surface area contributed by atoms with E-state index in [2.05, 4.69) is 15.5 Å². The Morgan fingerprint density at radius 1 is 1.00 bits per heavy atom. The fourth-order valence-corrected chi connectivity index (χ4v) is 3.70. The maximum atomic E-state index is 14.4. The zero-order chi connectivity index (χ0) is 23.4. The average molecular weight is 445 g/mol. The lowest BCUT2D eigenvalue weighted by atomic mass is 9.95. The number of carbonyl (C=O) groups excluding carboxylic acids is 1. The molecule has 166 valence electrons. The van der Waals surface area contributed by atoms with Crippen molar-refractivity contribution in [2.75, 3.05) is 5.32 Å². The molecule has 3 N–H and O–H groups in total. The first-order valence-electron chi connectivity index (χ1n) is 10.2. The number of H-pyrrole nitrogens is 1. The summed E-state index contributed by atoms with van der Waals surface area (Å²) in [6, 6.07) is 19.7. The van der Waals surface area contributed by atoms with Crippen molar-refractivity contribution in [2.24, 2.45) is 0 Å². The minimum atomic E-state index is -1.14. The summed E-state index contributed by atoms with van der Waals surface area (Å²) in [7, 11) is 0. The highest BCUT2D eigenvalue weighted by Crippen LogP contribution is 2.24. The number of hydrogen-bond donors (Lipinski definition) is 3. The van der Waals surface area contributed by atoms with Gasteiger partial charge in [-0.3, -0.25) is 14.4 Å². The van der Waals surface area contributed by atoms with Crippen LogP contribution in [0.5, 0.6) is 0 Å². The highest BCUT2D eigenvalue weighted by Gasteiger charge is 2.23. The third kappa shape index (κ3) is 4.95. The molecule has 0 saturated heterocycles. The van der Waals surface area contributed by atoms with Crippen molar-refractivity contribution in [3.63, 3.8) is 0 Å². The number of nitrogens with zero attached hydrogens (tertiary/aromatic N) is 1. The van der Waals surface area contributed by atoms with Gasteiger partial charge in [-0.1, -0.05) is 54.6 Å². The van der Waals surface area contributed by atoms with E-state index in [1.54, 1.807) is 60.7 Å². The van der Waals surface area contributed by atoms with Crippen molar-refractivity contribution in [3.05, 3.63) is 106 Å². The number of nitrogens with one attached hydrogen (secondary N) is 2. The molecule has 0 saturated carbocycles. The largest absolute Gasteiger partial charge is 0.481 e. The molecular formula is C25H20FN3O4. The first kappa shape index (κ1) is 21.9. The molecule has 1 amide bonds. The molecular weight excluding hydrogens is 425 g/mol. The molecule has 0 radical (unpaired) electrons. The number of carbonyl (C=O) groups is 2. The molecule has 1 heterocycles. The van der Waals surface area contributed by atoms with Crippen molar-refractivity contribution < 1.29 is 19.1 Å². The van der Waals surface area contributed by atoms with Gasteiger partial charge in [0.2, 0.25) is 5.91 Å². The number of rotatable bonds is 7. The molecule has 0 spiro atoms. The van der Waals surface area contributed by atoms with Crippen LogP contribution in [0.4, 0.5) is 10.1 Å². The number of benzene rings is 3. The number of halogens is 1. The molecule has 4 aromatic rings. The molecule has 0 bridgehead atoms.